The van der Waals surface area contributed by atoms with Gasteiger partial charge in [-0.05, 0) is 52.6 Å². The lowest BCUT2D eigenvalue weighted by molar-refractivity contribution is 0.598. The average Bonchev–Trinajstić information content (AvgIpc) is 3.67. The maximum atomic E-state index is 13.7. The molecular weight excluding hydrogens is 625 g/mol. The quantitative estimate of drug-likeness (QED) is 0.190. The smallest absolute Gasteiger partial charge is 0.238 e. The molecule has 7 heteroatoms. The summed E-state index contributed by atoms with van der Waals surface area (Å²) in [5.74, 6) is 1.37. The predicted octanol–water partition coefficient (Wildman–Crippen LogP) is 9.42. The number of aromatic nitrogens is 4. The highest BCUT2D eigenvalue weighted by Crippen LogP contribution is 2.51. The minimum atomic E-state index is -3.68. The van der Waals surface area contributed by atoms with E-state index < -0.39 is 9.84 Å². The predicted molar refractivity (Wildman–Crippen MR) is 193 cm³/mol. The van der Waals surface area contributed by atoms with Gasteiger partial charge in [0.05, 0.1) is 20.8 Å². The second kappa shape index (κ2) is 9.81. The van der Waals surface area contributed by atoms with Gasteiger partial charge in [0.25, 0.3) is 0 Å². The van der Waals surface area contributed by atoms with Crippen LogP contribution >= 0.6 is 0 Å². The molecule has 8 aromatic rings. The molecule has 2 aromatic heterocycles. The first kappa shape index (κ1) is 28.1. The van der Waals surface area contributed by atoms with Crippen molar-refractivity contribution < 1.29 is 8.42 Å². The van der Waals surface area contributed by atoms with Crippen molar-refractivity contribution in [2.45, 2.75) is 29.1 Å². The van der Waals surface area contributed by atoms with Crippen LogP contribution in [-0.4, -0.2) is 27.9 Å². The van der Waals surface area contributed by atoms with Crippen LogP contribution in [0.1, 0.15) is 25.0 Å². The molecular formula is C42H28N4O2S. The summed E-state index contributed by atoms with van der Waals surface area (Å²) in [5, 5.41) is 2.22. The van der Waals surface area contributed by atoms with E-state index in [1.165, 1.54) is 22.3 Å². The Morgan fingerprint density at radius 3 is 2.02 bits per heavy atom. The van der Waals surface area contributed by atoms with Crippen LogP contribution in [0.25, 0.3) is 72.8 Å². The largest absolute Gasteiger partial charge is 0.278 e. The fourth-order valence-electron chi connectivity index (χ4n) is 7.84. The molecule has 0 radical (unpaired) electrons. The van der Waals surface area contributed by atoms with Crippen LogP contribution in [0.5, 0.6) is 0 Å². The number of nitrogens with zero attached hydrogens (tertiary/aromatic N) is 4. The van der Waals surface area contributed by atoms with Gasteiger partial charge in [-0.25, -0.2) is 13.4 Å². The zero-order chi connectivity index (χ0) is 33.1. The molecule has 6 aromatic carbocycles. The van der Waals surface area contributed by atoms with Gasteiger partial charge in [-0.2, -0.15) is 9.97 Å². The van der Waals surface area contributed by atoms with Crippen LogP contribution in [0.4, 0.5) is 0 Å². The number of hydrogen-bond donors (Lipinski definition) is 0. The van der Waals surface area contributed by atoms with Crippen molar-refractivity contribution in [2.24, 2.45) is 0 Å². The molecule has 1 aliphatic carbocycles. The van der Waals surface area contributed by atoms with E-state index in [0.29, 0.717) is 39.2 Å². The molecule has 1 aliphatic heterocycles. The minimum absolute atomic E-state index is 0.186. The molecule has 6 nitrogen and oxygen atoms in total. The van der Waals surface area contributed by atoms with E-state index in [1.54, 1.807) is 18.2 Å². The number of sulfone groups is 1. The molecule has 2 aliphatic rings. The number of benzene rings is 6. The number of rotatable bonds is 3. The second-order valence-electron chi connectivity index (χ2n) is 13.3. The summed E-state index contributed by atoms with van der Waals surface area (Å²) in [7, 11) is -3.68. The van der Waals surface area contributed by atoms with Crippen molar-refractivity contribution in [3.63, 3.8) is 0 Å². The van der Waals surface area contributed by atoms with Gasteiger partial charge in [0.15, 0.2) is 11.6 Å². The molecule has 3 heterocycles. The Morgan fingerprint density at radius 2 is 1.18 bits per heavy atom. The van der Waals surface area contributed by atoms with Crippen LogP contribution in [0, 0.1) is 0 Å². The average molecular weight is 653 g/mol. The Bertz CT molecular complexity index is 2820. The lowest BCUT2D eigenvalue weighted by Crippen LogP contribution is -2.15. The molecule has 49 heavy (non-hydrogen) atoms. The van der Waals surface area contributed by atoms with Crippen LogP contribution in [0.15, 0.2) is 143 Å². The summed E-state index contributed by atoms with van der Waals surface area (Å²) in [5.41, 5.74) is 9.74. The summed E-state index contributed by atoms with van der Waals surface area (Å²) >= 11 is 0. The molecule has 0 amide bonds. The molecule has 10 rings (SSSR count). The van der Waals surface area contributed by atoms with Gasteiger partial charge in [0, 0.05) is 38.4 Å². The topological polar surface area (TPSA) is 77.7 Å². The number of hydrogen-bond acceptors (Lipinski definition) is 5. The first-order valence-corrected chi connectivity index (χ1v) is 17.8. The highest BCUT2D eigenvalue weighted by molar-refractivity contribution is 7.92. The summed E-state index contributed by atoms with van der Waals surface area (Å²) in [6.07, 6.45) is 0. The van der Waals surface area contributed by atoms with E-state index in [-0.39, 0.29) is 10.3 Å². The molecule has 0 N–H and O–H groups in total. The van der Waals surface area contributed by atoms with E-state index >= 15 is 0 Å². The molecule has 0 bridgehead atoms. The monoisotopic (exact) mass is 652 g/mol. The lowest BCUT2D eigenvalue weighted by atomic mass is 9.82. The van der Waals surface area contributed by atoms with Crippen molar-refractivity contribution in [2.75, 3.05) is 0 Å². The van der Waals surface area contributed by atoms with E-state index in [1.807, 2.05) is 60.7 Å². The van der Waals surface area contributed by atoms with Crippen LogP contribution in [0.2, 0.25) is 0 Å². The minimum Gasteiger partial charge on any atom is -0.278 e. The zero-order valence-corrected chi connectivity index (χ0v) is 27.5. The van der Waals surface area contributed by atoms with Crippen molar-refractivity contribution in [1.29, 1.82) is 0 Å². The zero-order valence-electron chi connectivity index (χ0n) is 26.7. The normalized spacial score (nSPS) is 14.8. The fourth-order valence-corrected chi connectivity index (χ4v) is 9.55. The standard InChI is InChI=1S/C42H28N4O2S/c1-42(2)33-17-9-6-14-27(33)31-23-32-28-15-7-10-18-35(28)46(36(32)24-34(31)42)41-44-39(25-12-4-3-5-13-25)43-40(45-41)26-20-21-30-29-16-8-11-19-37(29)49(47,48)38(30)22-26/h3-24H,1-2H3. The van der Waals surface area contributed by atoms with E-state index in [4.69, 9.17) is 15.0 Å². The maximum Gasteiger partial charge on any atom is 0.238 e. The Balaban J connectivity index is 1.25. The van der Waals surface area contributed by atoms with Gasteiger partial charge in [-0.1, -0.05) is 117 Å². The van der Waals surface area contributed by atoms with Crippen molar-refractivity contribution in [1.82, 2.24) is 19.5 Å². The van der Waals surface area contributed by atoms with E-state index in [0.717, 1.165) is 27.4 Å². The molecule has 0 fully saturated rings. The van der Waals surface area contributed by atoms with Crippen LogP contribution in [0.3, 0.4) is 0 Å². The maximum absolute atomic E-state index is 13.7. The highest BCUT2D eigenvalue weighted by atomic mass is 32.2. The fraction of sp³-hybridized carbons (Fsp3) is 0.0714. The Hall–Kier alpha value is -5.92. The van der Waals surface area contributed by atoms with Gasteiger partial charge in [0.2, 0.25) is 15.8 Å². The molecule has 0 saturated carbocycles. The Morgan fingerprint density at radius 1 is 0.510 bits per heavy atom. The summed E-state index contributed by atoms with van der Waals surface area (Å²) in [4.78, 5) is 15.7. The van der Waals surface area contributed by atoms with Gasteiger partial charge in [0.1, 0.15) is 0 Å². The number of para-hydroxylation sites is 1. The summed E-state index contributed by atoms with van der Waals surface area (Å²) in [6.45, 7) is 4.57. The van der Waals surface area contributed by atoms with Gasteiger partial charge < -0.3 is 0 Å². The molecule has 234 valence electrons. The SMILES string of the molecule is CC1(C)c2ccccc2-c2cc3c4ccccc4n(-c4nc(-c5ccccc5)nc(-c5ccc6c(c5)S(=O)(=O)c5ccccc5-6)n4)c3cc21. The second-order valence-corrected chi connectivity index (χ2v) is 15.2. The van der Waals surface area contributed by atoms with E-state index in [9.17, 15) is 8.42 Å². The highest BCUT2D eigenvalue weighted by Gasteiger charge is 2.37. The summed E-state index contributed by atoms with van der Waals surface area (Å²) < 4.78 is 29.5. The van der Waals surface area contributed by atoms with Gasteiger partial charge in [-0.3, -0.25) is 4.57 Å². The molecule has 0 atom stereocenters. The van der Waals surface area contributed by atoms with Crippen LogP contribution in [-0.2, 0) is 15.3 Å². The third-order valence-corrected chi connectivity index (χ3v) is 12.1. The summed E-state index contributed by atoms with van der Waals surface area (Å²) in [6, 6.07) is 44.1. The van der Waals surface area contributed by atoms with Gasteiger partial charge >= 0.3 is 0 Å². The Labute approximate surface area is 283 Å². The van der Waals surface area contributed by atoms with Crippen molar-refractivity contribution in [3.8, 4) is 51.0 Å². The van der Waals surface area contributed by atoms with Crippen LogP contribution < -0.4 is 0 Å². The molecule has 0 unspecified atom stereocenters. The van der Waals surface area contributed by atoms with Crippen molar-refractivity contribution >= 4 is 31.6 Å². The molecule has 0 saturated heterocycles. The first-order chi connectivity index (χ1) is 23.8. The van der Waals surface area contributed by atoms with Crippen molar-refractivity contribution in [3.05, 3.63) is 145 Å². The van der Waals surface area contributed by atoms with E-state index in [2.05, 4.69) is 73.0 Å². The lowest BCUT2D eigenvalue weighted by Gasteiger charge is -2.21. The third kappa shape index (κ3) is 3.87. The number of fused-ring (bicyclic) bond motifs is 9. The third-order valence-electron chi connectivity index (χ3n) is 10.2. The molecule has 0 spiro atoms. The first-order valence-electron chi connectivity index (χ1n) is 16.3. The van der Waals surface area contributed by atoms with Gasteiger partial charge in [-0.15, -0.1) is 0 Å². The Kier molecular flexibility index (Phi) is 5.63.